The van der Waals surface area contributed by atoms with Crippen LogP contribution in [0.3, 0.4) is 0 Å². The van der Waals surface area contributed by atoms with E-state index in [0.29, 0.717) is 22.8 Å². The Hall–Kier alpha value is -3.95. The number of thiocarbonyl (C=S) groups is 1. The van der Waals surface area contributed by atoms with Gasteiger partial charge < -0.3 is 14.9 Å². The van der Waals surface area contributed by atoms with Crippen LogP contribution in [0.1, 0.15) is 37.4 Å². The maximum atomic E-state index is 13.2. The molecule has 9 heteroatoms. The summed E-state index contributed by atoms with van der Waals surface area (Å²) in [5.41, 5.74) is 2.40. The Bertz CT molecular complexity index is 1350. The highest BCUT2D eigenvalue weighted by Gasteiger charge is 2.34. The molecule has 1 saturated heterocycles. The predicted octanol–water partition coefficient (Wildman–Crippen LogP) is 5.38. The number of rotatable bonds is 7. The average Bonchev–Trinajstić information content (AvgIpc) is 3.11. The topological polar surface area (TPSA) is 104 Å². The van der Waals surface area contributed by atoms with Crippen molar-refractivity contribution in [1.82, 2.24) is 0 Å². The molecule has 176 valence electrons. The fourth-order valence-corrected chi connectivity index (χ4v) is 4.69. The van der Waals surface area contributed by atoms with E-state index >= 15 is 0 Å². The zero-order valence-electron chi connectivity index (χ0n) is 18.4. The Morgan fingerprint density at radius 3 is 2.26 bits per heavy atom. The zero-order valence-corrected chi connectivity index (χ0v) is 20.1. The molecule has 3 aromatic rings. The minimum Gasteiger partial charge on any atom is -0.488 e. The van der Waals surface area contributed by atoms with Gasteiger partial charge in [0.1, 0.15) is 12.4 Å². The second kappa shape index (κ2) is 10.1. The number of hydrogen-bond donors (Lipinski definition) is 2. The van der Waals surface area contributed by atoms with Crippen LogP contribution in [0.2, 0.25) is 0 Å². The summed E-state index contributed by atoms with van der Waals surface area (Å²) in [7, 11) is 0. The number of anilines is 1. The second-order valence-electron chi connectivity index (χ2n) is 7.71. The van der Waals surface area contributed by atoms with Crippen LogP contribution in [0, 0.1) is 6.92 Å². The number of carboxylic acids is 2. The number of ether oxygens (including phenoxy) is 1. The van der Waals surface area contributed by atoms with Gasteiger partial charge in [-0.1, -0.05) is 72.0 Å². The predicted molar refractivity (Wildman–Crippen MR) is 138 cm³/mol. The SMILES string of the molecule is Cc1ccc(COc2ccccc2/C=C2\SC(=S)N(c3cc(C(=O)O)cc(C(=O)O)c3)C2=O)cc1. The third kappa shape index (κ3) is 5.42. The first-order valence-electron chi connectivity index (χ1n) is 10.4. The molecule has 0 aromatic heterocycles. The van der Waals surface area contributed by atoms with E-state index in [9.17, 15) is 24.6 Å². The van der Waals surface area contributed by atoms with Crippen molar-refractivity contribution in [3.63, 3.8) is 0 Å². The van der Waals surface area contributed by atoms with Gasteiger partial charge in [-0.25, -0.2) is 9.59 Å². The highest BCUT2D eigenvalue weighted by molar-refractivity contribution is 8.27. The molecule has 0 spiro atoms. The van der Waals surface area contributed by atoms with Crippen molar-refractivity contribution in [2.45, 2.75) is 13.5 Å². The van der Waals surface area contributed by atoms with Gasteiger partial charge in [-0.05, 0) is 42.8 Å². The summed E-state index contributed by atoms with van der Waals surface area (Å²) in [5.74, 6) is -2.52. The number of carbonyl (C=O) groups excluding carboxylic acids is 1. The van der Waals surface area contributed by atoms with Crippen LogP contribution in [0.4, 0.5) is 5.69 Å². The lowest BCUT2D eigenvalue weighted by Gasteiger charge is -2.16. The van der Waals surface area contributed by atoms with Crippen molar-refractivity contribution in [3.05, 3.63) is 99.5 Å². The first-order valence-corrected chi connectivity index (χ1v) is 11.6. The van der Waals surface area contributed by atoms with Crippen molar-refractivity contribution in [1.29, 1.82) is 0 Å². The number of benzene rings is 3. The third-order valence-electron chi connectivity index (χ3n) is 5.18. The number of aryl methyl sites for hydroxylation is 1. The van der Waals surface area contributed by atoms with E-state index in [1.54, 1.807) is 12.1 Å². The van der Waals surface area contributed by atoms with Gasteiger partial charge in [0, 0.05) is 5.56 Å². The first-order chi connectivity index (χ1) is 16.7. The molecule has 0 aliphatic carbocycles. The van der Waals surface area contributed by atoms with E-state index in [4.69, 9.17) is 17.0 Å². The lowest BCUT2D eigenvalue weighted by Crippen LogP contribution is -2.28. The van der Waals surface area contributed by atoms with Crippen LogP contribution in [-0.2, 0) is 11.4 Å². The van der Waals surface area contributed by atoms with Crippen molar-refractivity contribution >= 4 is 57.9 Å². The largest absolute Gasteiger partial charge is 0.488 e. The van der Waals surface area contributed by atoms with Crippen LogP contribution >= 0.6 is 24.0 Å². The number of thioether (sulfide) groups is 1. The third-order valence-corrected chi connectivity index (χ3v) is 6.49. The number of aromatic carboxylic acids is 2. The summed E-state index contributed by atoms with van der Waals surface area (Å²) in [4.78, 5) is 37.6. The Kier molecular flexibility index (Phi) is 6.99. The highest BCUT2D eigenvalue weighted by Crippen LogP contribution is 2.38. The highest BCUT2D eigenvalue weighted by atomic mass is 32.2. The summed E-state index contributed by atoms with van der Waals surface area (Å²) in [5, 5.41) is 18.7. The lowest BCUT2D eigenvalue weighted by atomic mass is 10.1. The monoisotopic (exact) mass is 505 g/mol. The fraction of sp³-hybridized carbons (Fsp3) is 0.0769. The van der Waals surface area contributed by atoms with Gasteiger partial charge in [-0.3, -0.25) is 9.69 Å². The van der Waals surface area contributed by atoms with Crippen molar-refractivity contribution in [3.8, 4) is 5.75 Å². The van der Waals surface area contributed by atoms with Gasteiger partial charge >= 0.3 is 11.9 Å². The van der Waals surface area contributed by atoms with Crippen LogP contribution < -0.4 is 9.64 Å². The van der Waals surface area contributed by atoms with E-state index in [2.05, 4.69) is 0 Å². The summed E-state index contributed by atoms with van der Waals surface area (Å²) in [6.45, 7) is 2.36. The molecule has 1 aliphatic rings. The maximum absolute atomic E-state index is 13.2. The molecule has 4 rings (SSSR count). The Morgan fingerprint density at radius 2 is 1.63 bits per heavy atom. The molecule has 0 bridgehead atoms. The van der Waals surface area contributed by atoms with Gasteiger partial charge in [0.05, 0.1) is 21.7 Å². The molecular weight excluding hydrogens is 486 g/mol. The van der Waals surface area contributed by atoms with Gasteiger partial charge in [0.2, 0.25) is 0 Å². The number of carbonyl (C=O) groups is 3. The van der Waals surface area contributed by atoms with Crippen molar-refractivity contribution in [2.24, 2.45) is 0 Å². The Balaban J connectivity index is 1.62. The second-order valence-corrected chi connectivity index (χ2v) is 9.38. The number of nitrogens with zero attached hydrogens (tertiary/aromatic N) is 1. The van der Waals surface area contributed by atoms with Gasteiger partial charge in [0.15, 0.2) is 4.32 Å². The smallest absolute Gasteiger partial charge is 0.335 e. The molecule has 0 atom stereocenters. The van der Waals surface area contributed by atoms with Crippen molar-refractivity contribution < 1.29 is 29.3 Å². The molecule has 0 radical (unpaired) electrons. The summed E-state index contributed by atoms with van der Waals surface area (Å²) in [6.07, 6.45) is 1.66. The Morgan fingerprint density at radius 1 is 1.00 bits per heavy atom. The van der Waals surface area contributed by atoms with Crippen LogP contribution in [0.25, 0.3) is 6.08 Å². The van der Waals surface area contributed by atoms with Crippen molar-refractivity contribution in [2.75, 3.05) is 4.90 Å². The zero-order chi connectivity index (χ0) is 25.1. The van der Waals surface area contributed by atoms with E-state index in [-0.39, 0.29) is 21.1 Å². The summed E-state index contributed by atoms with van der Waals surface area (Å²) >= 11 is 6.41. The number of para-hydroxylation sites is 1. The van der Waals surface area contributed by atoms with E-state index in [1.165, 1.54) is 12.1 Å². The molecule has 1 aliphatic heterocycles. The van der Waals surface area contributed by atoms with Crippen LogP contribution in [-0.4, -0.2) is 32.4 Å². The normalized spacial score (nSPS) is 14.4. The molecule has 7 nitrogen and oxygen atoms in total. The lowest BCUT2D eigenvalue weighted by molar-refractivity contribution is -0.113. The molecule has 2 N–H and O–H groups in total. The number of carboxylic acid groups (broad SMARTS) is 2. The van der Waals surface area contributed by atoms with Crippen LogP contribution in [0.5, 0.6) is 5.75 Å². The average molecular weight is 506 g/mol. The fourth-order valence-electron chi connectivity index (χ4n) is 3.40. The molecule has 0 unspecified atom stereocenters. The van der Waals surface area contributed by atoms with Gasteiger partial charge in [-0.2, -0.15) is 0 Å². The molecule has 0 saturated carbocycles. The summed E-state index contributed by atoms with van der Waals surface area (Å²) < 4.78 is 6.15. The molecule has 1 amide bonds. The first kappa shape index (κ1) is 24.2. The summed E-state index contributed by atoms with van der Waals surface area (Å²) in [6, 6.07) is 18.7. The molecule has 1 heterocycles. The quantitative estimate of drug-likeness (QED) is 0.326. The molecule has 1 fully saturated rings. The molecule has 35 heavy (non-hydrogen) atoms. The Labute approximate surface area is 210 Å². The van der Waals surface area contributed by atoms with Gasteiger partial charge in [-0.15, -0.1) is 0 Å². The van der Waals surface area contributed by atoms with E-state index < -0.39 is 17.8 Å². The minimum absolute atomic E-state index is 0.0807. The van der Waals surface area contributed by atoms with E-state index in [0.717, 1.165) is 33.9 Å². The molecular formula is C26H19NO6S2. The maximum Gasteiger partial charge on any atom is 0.335 e. The number of hydrogen-bond acceptors (Lipinski definition) is 6. The van der Waals surface area contributed by atoms with Gasteiger partial charge in [0.25, 0.3) is 5.91 Å². The van der Waals surface area contributed by atoms with Crippen LogP contribution in [0.15, 0.2) is 71.6 Å². The van der Waals surface area contributed by atoms with E-state index in [1.807, 2.05) is 49.4 Å². The number of amides is 1. The minimum atomic E-state index is -1.31. The standard InChI is InChI=1S/C26H19NO6S2/c1-15-6-8-16(9-7-15)14-33-21-5-3-2-4-17(21)13-22-23(28)27(26(34)35-22)20-11-18(24(29)30)10-19(12-20)25(31)32/h2-13H,14H2,1H3,(H,29,30)(H,31,32)/b22-13-. The molecule has 3 aromatic carbocycles.